The van der Waals surface area contributed by atoms with Gasteiger partial charge in [0.2, 0.25) is 0 Å². The molecule has 8 heteroatoms. The number of nitrogens with zero attached hydrogens (tertiary/aromatic N) is 2. The van der Waals surface area contributed by atoms with Crippen molar-refractivity contribution in [3.05, 3.63) is 64.8 Å². The van der Waals surface area contributed by atoms with Crippen LogP contribution in [0.5, 0.6) is 11.5 Å². The minimum atomic E-state index is -0.716. The maximum Gasteiger partial charge on any atom is 0.269 e. The van der Waals surface area contributed by atoms with Crippen molar-refractivity contribution in [2.75, 3.05) is 20.8 Å². The van der Waals surface area contributed by atoms with Crippen LogP contribution in [-0.4, -0.2) is 41.6 Å². The van der Waals surface area contributed by atoms with Gasteiger partial charge in [0.1, 0.15) is 17.2 Å². The van der Waals surface area contributed by atoms with Crippen LogP contribution in [0.15, 0.2) is 48.5 Å². The molecule has 0 radical (unpaired) electrons. The number of aliphatic hydroxyl groups excluding tert-OH is 1. The van der Waals surface area contributed by atoms with Gasteiger partial charge in [-0.25, -0.2) is 0 Å². The Kier molecular flexibility index (Phi) is 6.97. The molecule has 1 heterocycles. The van der Waals surface area contributed by atoms with Gasteiger partial charge < -0.3 is 19.9 Å². The van der Waals surface area contributed by atoms with E-state index >= 15 is 0 Å². The molecule has 0 saturated heterocycles. The third-order valence-corrected chi connectivity index (χ3v) is 4.97. The van der Waals surface area contributed by atoms with Gasteiger partial charge in [-0.2, -0.15) is 5.10 Å². The third kappa shape index (κ3) is 4.93. The highest BCUT2D eigenvalue weighted by Crippen LogP contribution is 2.33. The molecule has 2 aromatic carbocycles. The predicted molar refractivity (Wildman–Crippen MR) is 115 cm³/mol. The fourth-order valence-corrected chi connectivity index (χ4v) is 3.32. The highest BCUT2D eigenvalue weighted by atomic mass is 35.5. The number of aryl methyl sites for hydroxylation is 1. The van der Waals surface area contributed by atoms with Crippen molar-refractivity contribution in [1.82, 2.24) is 15.1 Å². The van der Waals surface area contributed by atoms with Gasteiger partial charge in [-0.15, -0.1) is 0 Å². The van der Waals surface area contributed by atoms with Gasteiger partial charge >= 0.3 is 0 Å². The quantitative estimate of drug-likeness (QED) is 0.571. The Morgan fingerprint density at radius 2 is 2.00 bits per heavy atom. The smallest absolute Gasteiger partial charge is 0.269 e. The third-order valence-electron chi connectivity index (χ3n) is 4.73. The fourth-order valence-electron chi connectivity index (χ4n) is 3.12. The van der Waals surface area contributed by atoms with Gasteiger partial charge in [0.05, 0.1) is 26.0 Å². The molecule has 7 nitrogen and oxygen atoms in total. The van der Waals surface area contributed by atoms with Gasteiger partial charge in [-0.05, 0) is 48.4 Å². The number of carbonyl (C=O) groups is 1. The SMILES string of the molecule is COc1ccc(OC)c(-c2cc(C(=O)NCC[C@@H](O)c3cccc(Cl)c3)n(C)n2)c1. The first-order valence-electron chi connectivity index (χ1n) is 9.41. The maximum atomic E-state index is 12.6. The topological polar surface area (TPSA) is 85.6 Å². The maximum absolute atomic E-state index is 12.6. The van der Waals surface area contributed by atoms with E-state index in [0.29, 0.717) is 46.4 Å². The Labute approximate surface area is 180 Å². The molecule has 1 amide bonds. The zero-order valence-corrected chi connectivity index (χ0v) is 17.8. The van der Waals surface area contributed by atoms with Crippen LogP contribution >= 0.6 is 11.6 Å². The minimum absolute atomic E-state index is 0.281. The summed E-state index contributed by atoms with van der Waals surface area (Å²) in [5.41, 5.74) is 2.43. The monoisotopic (exact) mass is 429 g/mol. The average Bonchev–Trinajstić information content (AvgIpc) is 3.14. The first-order chi connectivity index (χ1) is 14.4. The number of rotatable bonds is 8. The lowest BCUT2D eigenvalue weighted by atomic mass is 10.1. The summed E-state index contributed by atoms with van der Waals surface area (Å²) in [6, 6.07) is 14.1. The van der Waals surface area contributed by atoms with E-state index in [4.69, 9.17) is 21.1 Å². The van der Waals surface area contributed by atoms with Gasteiger partial charge in [0, 0.05) is 24.2 Å². The number of carbonyl (C=O) groups excluding carboxylic acids is 1. The van der Waals surface area contributed by atoms with Gasteiger partial charge in [0.25, 0.3) is 5.91 Å². The standard InChI is InChI=1S/C22H24ClN3O4/c1-26-19(13-18(25-26)17-12-16(29-2)7-8-21(17)30-3)22(28)24-10-9-20(27)14-5-4-6-15(23)11-14/h4-8,11-13,20,27H,9-10H2,1-3H3,(H,24,28)/t20-/m1/s1. The van der Waals surface area contributed by atoms with Crippen LogP contribution in [0.1, 0.15) is 28.6 Å². The van der Waals surface area contributed by atoms with Gasteiger partial charge in [-0.1, -0.05) is 23.7 Å². The van der Waals surface area contributed by atoms with Crippen molar-refractivity contribution in [2.45, 2.75) is 12.5 Å². The minimum Gasteiger partial charge on any atom is -0.497 e. The number of aliphatic hydroxyl groups is 1. The van der Waals surface area contributed by atoms with Crippen molar-refractivity contribution < 1.29 is 19.4 Å². The molecule has 2 N–H and O–H groups in total. The highest BCUT2D eigenvalue weighted by Gasteiger charge is 2.18. The second-order valence-electron chi connectivity index (χ2n) is 6.72. The van der Waals surface area contributed by atoms with Crippen LogP contribution in [0.2, 0.25) is 5.02 Å². The van der Waals surface area contributed by atoms with E-state index in [1.165, 1.54) is 4.68 Å². The Morgan fingerprint density at radius 3 is 2.70 bits per heavy atom. The van der Waals surface area contributed by atoms with Crippen molar-refractivity contribution >= 4 is 17.5 Å². The van der Waals surface area contributed by atoms with Crippen LogP contribution < -0.4 is 14.8 Å². The number of nitrogens with one attached hydrogen (secondary N) is 1. The van der Waals surface area contributed by atoms with Crippen LogP contribution in [0, 0.1) is 0 Å². The zero-order valence-electron chi connectivity index (χ0n) is 17.1. The van der Waals surface area contributed by atoms with E-state index < -0.39 is 6.10 Å². The number of hydrogen-bond acceptors (Lipinski definition) is 5. The molecule has 0 saturated carbocycles. The van der Waals surface area contributed by atoms with E-state index in [2.05, 4.69) is 10.4 Å². The lowest BCUT2D eigenvalue weighted by Gasteiger charge is -2.12. The lowest BCUT2D eigenvalue weighted by Crippen LogP contribution is -2.27. The fraction of sp³-hybridized carbons (Fsp3) is 0.273. The van der Waals surface area contributed by atoms with Crippen LogP contribution in [0.4, 0.5) is 0 Å². The Hall–Kier alpha value is -3.03. The lowest BCUT2D eigenvalue weighted by molar-refractivity contribution is 0.0933. The van der Waals surface area contributed by atoms with Crippen LogP contribution in [0.25, 0.3) is 11.3 Å². The van der Waals surface area contributed by atoms with Crippen molar-refractivity contribution in [3.63, 3.8) is 0 Å². The second kappa shape index (κ2) is 9.65. The zero-order chi connectivity index (χ0) is 21.7. The normalized spacial score (nSPS) is 11.8. The molecular formula is C22H24ClN3O4. The molecule has 1 aromatic heterocycles. The molecule has 0 bridgehead atoms. The first kappa shape index (κ1) is 21.7. The van der Waals surface area contributed by atoms with E-state index in [1.807, 2.05) is 6.07 Å². The van der Waals surface area contributed by atoms with Crippen molar-refractivity contribution in [2.24, 2.45) is 7.05 Å². The molecule has 0 aliphatic carbocycles. The Balaban J connectivity index is 1.69. The van der Waals surface area contributed by atoms with Gasteiger partial charge in [-0.3, -0.25) is 9.48 Å². The second-order valence-corrected chi connectivity index (χ2v) is 7.16. The summed E-state index contributed by atoms with van der Waals surface area (Å²) in [5, 5.41) is 18.1. The summed E-state index contributed by atoms with van der Waals surface area (Å²) in [4.78, 5) is 12.6. The first-order valence-corrected chi connectivity index (χ1v) is 9.79. The molecular weight excluding hydrogens is 406 g/mol. The Morgan fingerprint density at radius 1 is 1.20 bits per heavy atom. The van der Waals surface area contributed by atoms with E-state index in [0.717, 1.165) is 5.56 Å². The number of aromatic nitrogens is 2. The number of methoxy groups -OCH3 is 2. The molecule has 0 unspecified atom stereocenters. The number of hydrogen-bond donors (Lipinski definition) is 2. The molecule has 30 heavy (non-hydrogen) atoms. The largest absolute Gasteiger partial charge is 0.497 e. The molecule has 3 rings (SSSR count). The Bertz CT molecular complexity index is 1030. The molecule has 3 aromatic rings. The molecule has 0 fully saturated rings. The number of benzene rings is 2. The summed E-state index contributed by atoms with van der Waals surface area (Å²) in [5.74, 6) is 1.01. The van der Waals surface area contributed by atoms with E-state index in [9.17, 15) is 9.90 Å². The number of ether oxygens (including phenoxy) is 2. The van der Waals surface area contributed by atoms with Crippen molar-refractivity contribution in [1.29, 1.82) is 0 Å². The number of amides is 1. The molecule has 158 valence electrons. The highest BCUT2D eigenvalue weighted by molar-refractivity contribution is 6.30. The van der Waals surface area contributed by atoms with E-state index in [-0.39, 0.29) is 5.91 Å². The predicted octanol–water partition coefficient (Wildman–Crippen LogP) is 3.61. The summed E-state index contributed by atoms with van der Waals surface area (Å²) in [6.07, 6.45) is -0.354. The average molecular weight is 430 g/mol. The summed E-state index contributed by atoms with van der Waals surface area (Å²) in [7, 11) is 4.86. The van der Waals surface area contributed by atoms with Crippen LogP contribution in [-0.2, 0) is 7.05 Å². The van der Waals surface area contributed by atoms with E-state index in [1.54, 1.807) is 63.7 Å². The number of halogens is 1. The summed E-state index contributed by atoms with van der Waals surface area (Å²) >= 11 is 5.96. The molecule has 1 atom stereocenters. The molecule has 0 spiro atoms. The van der Waals surface area contributed by atoms with Gasteiger partial charge in [0.15, 0.2) is 0 Å². The summed E-state index contributed by atoms with van der Waals surface area (Å²) < 4.78 is 12.2. The molecule has 0 aliphatic rings. The molecule has 0 aliphatic heterocycles. The van der Waals surface area contributed by atoms with Crippen LogP contribution in [0.3, 0.4) is 0 Å². The summed E-state index contributed by atoms with van der Waals surface area (Å²) in [6.45, 7) is 0.301. The van der Waals surface area contributed by atoms with Crippen molar-refractivity contribution in [3.8, 4) is 22.8 Å².